The van der Waals surface area contributed by atoms with Crippen molar-refractivity contribution < 1.29 is 9.59 Å². The summed E-state index contributed by atoms with van der Waals surface area (Å²) in [7, 11) is 0. The fourth-order valence-corrected chi connectivity index (χ4v) is 3.74. The standard InChI is InChI=1S/C20H21ClN2O2S/c1-26-18-7-3-6-17(12-18)23-13-15(11-19(23)24)20(25)22-9-8-14-4-2-5-16(21)10-14/h2-7,10,12,15H,8-9,11,13H2,1H3,(H,22,25). The molecule has 3 rings (SSSR count). The molecule has 1 aliphatic heterocycles. The van der Waals surface area contributed by atoms with Gasteiger partial charge < -0.3 is 10.2 Å². The SMILES string of the molecule is CSc1cccc(N2CC(C(=O)NCCc3cccc(Cl)c3)CC2=O)c1. The average Bonchev–Trinajstić information content (AvgIpc) is 3.04. The quantitative estimate of drug-likeness (QED) is 0.766. The third-order valence-corrected chi connectivity index (χ3v) is 5.42. The Kier molecular flexibility index (Phi) is 6.22. The molecule has 26 heavy (non-hydrogen) atoms. The Morgan fingerprint density at radius 1 is 1.27 bits per heavy atom. The van der Waals surface area contributed by atoms with Gasteiger partial charge in [0.05, 0.1) is 5.92 Å². The number of hydrogen-bond donors (Lipinski definition) is 1. The van der Waals surface area contributed by atoms with Crippen LogP contribution >= 0.6 is 23.4 Å². The Labute approximate surface area is 162 Å². The largest absolute Gasteiger partial charge is 0.355 e. The number of amides is 2. The highest BCUT2D eigenvalue weighted by Crippen LogP contribution is 2.28. The van der Waals surface area contributed by atoms with Crippen LogP contribution in [0.4, 0.5) is 5.69 Å². The van der Waals surface area contributed by atoms with E-state index in [2.05, 4.69) is 5.32 Å². The van der Waals surface area contributed by atoms with Crippen LogP contribution in [-0.2, 0) is 16.0 Å². The molecular weight excluding hydrogens is 368 g/mol. The van der Waals surface area contributed by atoms with Gasteiger partial charge in [-0.25, -0.2) is 0 Å². The molecule has 4 nitrogen and oxygen atoms in total. The zero-order valence-corrected chi connectivity index (χ0v) is 16.1. The van der Waals surface area contributed by atoms with Crippen molar-refractivity contribution in [2.24, 2.45) is 5.92 Å². The number of nitrogens with one attached hydrogen (secondary N) is 1. The predicted molar refractivity (Wildman–Crippen MR) is 107 cm³/mol. The van der Waals surface area contributed by atoms with Gasteiger partial charge in [-0.05, 0) is 48.6 Å². The first-order valence-corrected chi connectivity index (χ1v) is 10.1. The first-order chi connectivity index (χ1) is 12.6. The second-order valence-corrected chi connectivity index (χ2v) is 7.59. The number of carbonyl (C=O) groups is 2. The van der Waals surface area contributed by atoms with E-state index in [1.807, 2.05) is 54.8 Å². The van der Waals surface area contributed by atoms with Gasteiger partial charge >= 0.3 is 0 Å². The molecule has 1 aliphatic rings. The fraction of sp³-hybridized carbons (Fsp3) is 0.300. The van der Waals surface area contributed by atoms with Gasteiger partial charge in [0.2, 0.25) is 11.8 Å². The van der Waals surface area contributed by atoms with Crippen LogP contribution in [0.25, 0.3) is 0 Å². The van der Waals surface area contributed by atoms with E-state index in [1.54, 1.807) is 16.7 Å². The molecule has 0 saturated carbocycles. The van der Waals surface area contributed by atoms with Crippen molar-refractivity contribution in [3.05, 3.63) is 59.1 Å². The van der Waals surface area contributed by atoms with Crippen LogP contribution < -0.4 is 10.2 Å². The molecule has 0 radical (unpaired) electrons. The lowest BCUT2D eigenvalue weighted by molar-refractivity contribution is -0.126. The number of benzene rings is 2. The van der Waals surface area contributed by atoms with Crippen molar-refractivity contribution in [3.63, 3.8) is 0 Å². The van der Waals surface area contributed by atoms with E-state index in [0.717, 1.165) is 16.1 Å². The second kappa shape index (κ2) is 8.60. The molecule has 2 amide bonds. The molecule has 6 heteroatoms. The van der Waals surface area contributed by atoms with Crippen molar-refractivity contribution in [1.82, 2.24) is 5.32 Å². The third-order valence-electron chi connectivity index (χ3n) is 4.46. The summed E-state index contributed by atoms with van der Waals surface area (Å²) < 4.78 is 0. The summed E-state index contributed by atoms with van der Waals surface area (Å²) >= 11 is 7.60. The smallest absolute Gasteiger partial charge is 0.227 e. The minimum Gasteiger partial charge on any atom is -0.355 e. The molecule has 1 atom stereocenters. The van der Waals surface area contributed by atoms with E-state index in [1.165, 1.54) is 0 Å². The number of carbonyl (C=O) groups excluding carboxylic acids is 2. The summed E-state index contributed by atoms with van der Waals surface area (Å²) in [4.78, 5) is 27.6. The van der Waals surface area contributed by atoms with Crippen LogP contribution in [0, 0.1) is 5.92 Å². The Balaban J connectivity index is 1.55. The van der Waals surface area contributed by atoms with E-state index in [4.69, 9.17) is 11.6 Å². The molecule has 0 aliphatic carbocycles. The van der Waals surface area contributed by atoms with E-state index >= 15 is 0 Å². The maximum absolute atomic E-state index is 12.4. The Bertz CT molecular complexity index is 812. The predicted octanol–water partition coefficient (Wildman–Crippen LogP) is 3.77. The summed E-state index contributed by atoms with van der Waals surface area (Å²) in [5.41, 5.74) is 1.94. The molecule has 1 fully saturated rings. The molecule has 0 spiro atoms. The van der Waals surface area contributed by atoms with Gasteiger partial charge in [0.25, 0.3) is 0 Å². The Morgan fingerprint density at radius 3 is 2.85 bits per heavy atom. The van der Waals surface area contributed by atoms with E-state index in [9.17, 15) is 9.59 Å². The third kappa shape index (κ3) is 4.59. The maximum Gasteiger partial charge on any atom is 0.227 e. The second-order valence-electron chi connectivity index (χ2n) is 6.28. The lowest BCUT2D eigenvalue weighted by atomic mass is 10.1. The highest BCUT2D eigenvalue weighted by molar-refractivity contribution is 7.98. The molecule has 1 heterocycles. The van der Waals surface area contributed by atoms with Crippen molar-refractivity contribution in [3.8, 4) is 0 Å². The molecule has 0 aromatic heterocycles. The van der Waals surface area contributed by atoms with Crippen LogP contribution in [0.3, 0.4) is 0 Å². The van der Waals surface area contributed by atoms with Gasteiger partial charge in [-0.3, -0.25) is 9.59 Å². The molecule has 1 saturated heterocycles. The minimum atomic E-state index is -0.306. The summed E-state index contributed by atoms with van der Waals surface area (Å²) in [5, 5.41) is 3.64. The van der Waals surface area contributed by atoms with Crippen LogP contribution in [0.5, 0.6) is 0 Å². The first-order valence-electron chi connectivity index (χ1n) is 8.53. The molecule has 2 aromatic carbocycles. The molecule has 1 unspecified atom stereocenters. The molecule has 2 aromatic rings. The van der Waals surface area contributed by atoms with Crippen LogP contribution in [0.1, 0.15) is 12.0 Å². The number of halogens is 1. The fourth-order valence-electron chi connectivity index (χ4n) is 3.08. The van der Waals surface area contributed by atoms with Crippen molar-refractivity contribution in [1.29, 1.82) is 0 Å². The van der Waals surface area contributed by atoms with Gasteiger partial charge in [-0.2, -0.15) is 0 Å². The first kappa shape index (κ1) is 18.8. The maximum atomic E-state index is 12.4. The normalized spacial score (nSPS) is 16.8. The highest BCUT2D eigenvalue weighted by Gasteiger charge is 2.34. The molecule has 136 valence electrons. The minimum absolute atomic E-state index is 0.00163. The van der Waals surface area contributed by atoms with Crippen molar-refractivity contribution in [2.45, 2.75) is 17.7 Å². The summed E-state index contributed by atoms with van der Waals surface area (Å²) in [5.74, 6) is -0.373. The monoisotopic (exact) mass is 388 g/mol. The van der Waals surface area contributed by atoms with Crippen LogP contribution in [0.2, 0.25) is 5.02 Å². The summed E-state index contributed by atoms with van der Waals surface area (Å²) in [6.45, 7) is 0.964. The topological polar surface area (TPSA) is 49.4 Å². The van der Waals surface area contributed by atoms with E-state index in [-0.39, 0.29) is 24.2 Å². The summed E-state index contributed by atoms with van der Waals surface area (Å²) in [6.07, 6.45) is 2.97. The Hall–Kier alpha value is -1.98. The van der Waals surface area contributed by atoms with Crippen molar-refractivity contribution >= 4 is 40.9 Å². The van der Waals surface area contributed by atoms with Gasteiger partial charge in [0.1, 0.15) is 0 Å². The number of thioether (sulfide) groups is 1. The molecule has 1 N–H and O–H groups in total. The molecule has 0 bridgehead atoms. The van der Waals surface area contributed by atoms with Gasteiger partial charge in [-0.15, -0.1) is 11.8 Å². The van der Waals surface area contributed by atoms with E-state index in [0.29, 0.717) is 24.5 Å². The van der Waals surface area contributed by atoms with Crippen LogP contribution in [0.15, 0.2) is 53.4 Å². The zero-order chi connectivity index (χ0) is 18.5. The zero-order valence-electron chi connectivity index (χ0n) is 14.6. The van der Waals surface area contributed by atoms with Gasteiger partial charge in [-0.1, -0.05) is 29.8 Å². The lowest BCUT2D eigenvalue weighted by Gasteiger charge is -2.17. The summed E-state index contributed by atoms with van der Waals surface area (Å²) in [6, 6.07) is 15.5. The number of hydrogen-bond acceptors (Lipinski definition) is 3. The highest BCUT2D eigenvalue weighted by atomic mass is 35.5. The molecular formula is C20H21ClN2O2S. The lowest BCUT2D eigenvalue weighted by Crippen LogP contribution is -2.34. The van der Waals surface area contributed by atoms with Crippen LogP contribution in [-0.4, -0.2) is 31.2 Å². The number of anilines is 1. The number of nitrogens with zero attached hydrogens (tertiary/aromatic N) is 1. The number of rotatable bonds is 6. The van der Waals surface area contributed by atoms with Gasteiger partial charge in [0, 0.05) is 35.1 Å². The van der Waals surface area contributed by atoms with Crippen molar-refractivity contribution in [2.75, 3.05) is 24.2 Å². The average molecular weight is 389 g/mol. The van der Waals surface area contributed by atoms with Gasteiger partial charge in [0.15, 0.2) is 0 Å². The Morgan fingerprint density at radius 2 is 2.08 bits per heavy atom. The van der Waals surface area contributed by atoms with E-state index < -0.39 is 0 Å².